The molecule has 0 aromatic heterocycles. The number of hydrogen-bond acceptors (Lipinski definition) is 4. The summed E-state index contributed by atoms with van der Waals surface area (Å²) in [5.41, 5.74) is 3.62. The number of carbonyl (C=O) groups excluding carboxylic acids is 1. The van der Waals surface area contributed by atoms with Crippen LogP contribution in [0, 0.1) is 17.2 Å². The molecule has 29 heavy (non-hydrogen) atoms. The van der Waals surface area contributed by atoms with Gasteiger partial charge >= 0.3 is 0 Å². The summed E-state index contributed by atoms with van der Waals surface area (Å²) in [6.45, 7) is 0.536. The summed E-state index contributed by atoms with van der Waals surface area (Å²) >= 11 is 0. The molecule has 1 aliphatic heterocycles. The third kappa shape index (κ3) is 3.91. The molecule has 1 N–H and O–H groups in total. The summed E-state index contributed by atoms with van der Waals surface area (Å²) < 4.78 is 27.2. The first-order valence-electron chi connectivity index (χ1n) is 9.91. The van der Waals surface area contributed by atoms with Gasteiger partial charge in [-0.2, -0.15) is 9.57 Å². The predicted molar refractivity (Wildman–Crippen MR) is 110 cm³/mol. The van der Waals surface area contributed by atoms with Gasteiger partial charge in [0.05, 0.1) is 10.5 Å². The van der Waals surface area contributed by atoms with E-state index in [0.29, 0.717) is 12.8 Å². The molecule has 1 aliphatic carbocycles. The maximum absolute atomic E-state index is 12.9. The number of rotatable bonds is 4. The molecule has 0 bridgehead atoms. The normalized spacial score (nSPS) is 17.5. The average Bonchev–Trinajstić information content (AvgIpc) is 3.21. The molecule has 7 heteroatoms. The van der Waals surface area contributed by atoms with Gasteiger partial charge in [0.15, 0.2) is 0 Å². The van der Waals surface area contributed by atoms with Crippen molar-refractivity contribution in [2.75, 3.05) is 18.4 Å². The minimum absolute atomic E-state index is 0.0311. The SMILES string of the molecule is N#Cc1ccccc1S(=O)(=O)N1CCC(C(=O)Nc2ccc3c(c2)CCC3)CC1. The highest BCUT2D eigenvalue weighted by atomic mass is 32.2. The third-order valence-electron chi connectivity index (χ3n) is 5.82. The fourth-order valence-electron chi connectivity index (χ4n) is 4.18. The van der Waals surface area contributed by atoms with E-state index in [4.69, 9.17) is 0 Å². The minimum Gasteiger partial charge on any atom is -0.326 e. The van der Waals surface area contributed by atoms with E-state index in [2.05, 4.69) is 17.4 Å². The molecular formula is C22H23N3O3S. The molecule has 0 atom stereocenters. The standard InChI is InChI=1S/C22H23N3O3S/c23-15-19-4-1-2-7-21(19)29(27,28)25-12-10-17(11-13-25)22(26)24-20-9-8-16-5-3-6-18(16)14-20/h1-2,4,7-9,14,17H,3,5-6,10-13H2,(H,24,26). The molecule has 150 valence electrons. The maximum atomic E-state index is 12.9. The highest BCUT2D eigenvalue weighted by Crippen LogP contribution is 2.28. The van der Waals surface area contributed by atoms with Crippen LogP contribution in [0.2, 0.25) is 0 Å². The molecule has 2 aliphatic rings. The first-order chi connectivity index (χ1) is 14.0. The van der Waals surface area contributed by atoms with Gasteiger partial charge in [0.25, 0.3) is 0 Å². The van der Waals surface area contributed by atoms with Crippen molar-refractivity contribution in [3.63, 3.8) is 0 Å². The summed E-state index contributed by atoms with van der Waals surface area (Å²) in [6, 6.07) is 14.2. The molecule has 0 radical (unpaired) electrons. The van der Waals surface area contributed by atoms with Crippen molar-refractivity contribution in [1.29, 1.82) is 5.26 Å². The van der Waals surface area contributed by atoms with Crippen molar-refractivity contribution in [3.05, 3.63) is 59.2 Å². The van der Waals surface area contributed by atoms with Crippen LogP contribution in [0.1, 0.15) is 36.0 Å². The number of piperidine rings is 1. The van der Waals surface area contributed by atoms with Gasteiger partial charge in [-0.1, -0.05) is 18.2 Å². The van der Waals surface area contributed by atoms with Crippen molar-refractivity contribution in [1.82, 2.24) is 4.31 Å². The number of amides is 1. The lowest BCUT2D eigenvalue weighted by Crippen LogP contribution is -2.41. The fraction of sp³-hybridized carbons (Fsp3) is 0.364. The van der Waals surface area contributed by atoms with Crippen LogP contribution >= 0.6 is 0 Å². The lowest BCUT2D eigenvalue weighted by atomic mass is 9.97. The number of sulfonamides is 1. The second kappa shape index (κ2) is 7.97. The van der Waals surface area contributed by atoms with E-state index in [1.807, 2.05) is 12.1 Å². The minimum atomic E-state index is -3.74. The van der Waals surface area contributed by atoms with E-state index in [1.54, 1.807) is 12.1 Å². The molecule has 2 aromatic carbocycles. The van der Waals surface area contributed by atoms with E-state index in [1.165, 1.54) is 27.6 Å². The van der Waals surface area contributed by atoms with Crippen LogP contribution in [0.15, 0.2) is 47.4 Å². The number of nitrogens with one attached hydrogen (secondary N) is 1. The molecule has 4 rings (SSSR count). The van der Waals surface area contributed by atoms with Crippen LogP contribution in [0.3, 0.4) is 0 Å². The molecule has 1 fully saturated rings. The Hall–Kier alpha value is -2.69. The molecule has 6 nitrogen and oxygen atoms in total. The van der Waals surface area contributed by atoms with Gasteiger partial charge in [0, 0.05) is 24.7 Å². The van der Waals surface area contributed by atoms with Gasteiger partial charge in [-0.15, -0.1) is 0 Å². The van der Waals surface area contributed by atoms with Crippen LogP contribution in [0.25, 0.3) is 0 Å². The van der Waals surface area contributed by atoms with Crippen LogP contribution < -0.4 is 5.32 Å². The van der Waals surface area contributed by atoms with Crippen molar-refractivity contribution < 1.29 is 13.2 Å². The van der Waals surface area contributed by atoms with E-state index >= 15 is 0 Å². The van der Waals surface area contributed by atoms with Crippen LogP contribution in [-0.2, 0) is 27.7 Å². The number of hydrogen-bond donors (Lipinski definition) is 1. The van der Waals surface area contributed by atoms with Gasteiger partial charge in [-0.25, -0.2) is 8.42 Å². The van der Waals surface area contributed by atoms with Crippen molar-refractivity contribution in [3.8, 4) is 6.07 Å². The quantitative estimate of drug-likeness (QED) is 0.840. The number of fused-ring (bicyclic) bond motifs is 1. The molecule has 1 heterocycles. The molecule has 0 saturated carbocycles. The van der Waals surface area contributed by atoms with Gasteiger partial charge < -0.3 is 5.32 Å². The smallest absolute Gasteiger partial charge is 0.244 e. The van der Waals surface area contributed by atoms with E-state index in [9.17, 15) is 18.5 Å². The Morgan fingerprint density at radius 1 is 1.07 bits per heavy atom. The lowest BCUT2D eigenvalue weighted by molar-refractivity contribution is -0.120. The molecule has 2 aromatic rings. The van der Waals surface area contributed by atoms with Crippen molar-refractivity contribution in [2.24, 2.45) is 5.92 Å². The molecular weight excluding hydrogens is 386 g/mol. The number of nitrogens with zero attached hydrogens (tertiary/aromatic N) is 2. The number of nitriles is 1. The molecule has 1 amide bonds. The average molecular weight is 410 g/mol. The van der Waals surface area contributed by atoms with E-state index in [0.717, 1.165) is 24.9 Å². The zero-order valence-electron chi connectivity index (χ0n) is 16.1. The van der Waals surface area contributed by atoms with Gasteiger partial charge in [-0.3, -0.25) is 4.79 Å². The maximum Gasteiger partial charge on any atom is 0.244 e. The summed E-state index contributed by atoms with van der Waals surface area (Å²) in [4.78, 5) is 12.7. The fourth-order valence-corrected chi connectivity index (χ4v) is 5.79. The summed E-state index contributed by atoms with van der Waals surface area (Å²) in [5, 5.41) is 12.2. The predicted octanol–water partition coefficient (Wildman–Crippen LogP) is 3.09. The van der Waals surface area contributed by atoms with Gasteiger partial charge in [0.2, 0.25) is 15.9 Å². The third-order valence-corrected chi connectivity index (χ3v) is 7.77. The number of carbonyl (C=O) groups is 1. The monoisotopic (exact) mass is 409 g/mol. The number of anilines is 1. The van der Waals surface area contributed by atoms with Crippen LogP contribution in [0.4, 0.5) is 5.69 Å². The molecule has 0 unspecified atom stereocenters. The second-order valence-corrected chi connectivity index (χ2v) is 9.52. The van der Waals surface area contributed by atoms with Crippen LogP contribution in [0.5, 0.6) is 0 Å². The van der Waals surface area contributed by atoms with Crippen molar-refractivity contribution in [2.45, 2.75) is 37.0 Å². The summed E-state index contributed by atoms with van der Waals surface area (Å²) in [7, 11) is -3.74. The van der Waals surface area contributed by atoms with Crippen molar-refractivity contribution >= 4 is 21.6 Å². The number of benzene rings is 2. The zero-order chi connectivity index (χ0) is 20.4. The number of aryl methyl sites for hydroxylation is 2. The Balaban J connectivity index is 1.40. The zero-order valence-corrected chi connectivity index (χ0v) is 16.9. The molecule has 0 spiro atoms. The Morgan fingerprint density at radius 3 is 2.55 bits per heavy atom. The molecule has 1 saturated heterocycles. The summed E-state index contributed by atoms with van der Waals surface area (Å²) in [6.07, 6.45) is 4.24. The Bertz CT molecular complexity index is 1080. The lowest BCUT2D eigenvalue weighted by Gasteiger charge is -2.30. The largest absolute Gasteiger partial charge is 0.326 e. The van der Waals surface area contributed by atoms with E-state index in [-0.39, 0.29) is 35.4 Å². The summed E-state index contributed by atoms with van der Waals surface area (Å²) in [5.74, 6) is -0.279. The first kappa shape index (κ1) is 19.6. The van der Waals surface area contributed by atoms with Gasteiger partial charge in [0.1, 0.15) is 6.07 Å². The highest BCUT2D eigenvalue weighted by molar-refractivity contribution is 7.89. The Morgan fingerprint density at radius 2 is 1.79 bits per heavy atom. The Labute approximate surface area is 171 Å². The van der Waals surface area contributed by atoms with Crippen LogP contribution in [-0.4, -0.2) is 31.7 Å². The van der Waals surface area contributed by atoms with E-state index < -0.39 is 10.0 Å². The Kier molecular flexibility index (Phi) is 5.39. The highest BCUT2D eigenvalue weighted by Gasteiger charge is 2.33. The second-order valence-electron chi connectivity index (χ2n) is 7.61. The topological polar surface area (TPSA) is 90.3 Å². The van der Waals surface area contributed by atoms with Gasteiger partial charge in [-0.05, 0) is 67.5 Å². The first-order valence-corrected chi connectivity index (χ1v) is 11.3.